The van der Waals surface area contributed by atoms with Crippen molar-refractivity contribution in [1.29, 1.82) is 0 Å². The first-order valence-electron chi connectivity index (χ1n) is 4.51. The van der Waals surface area contributed by atoms with Crippen LogP contribution in [0.2, 0.25) is 0 Å². The highest BCUT2D eigenvalue weighted by Crippen LogP contribution is 2.21. The van der Waals surface area contributed by atoms with E-state index >= 15 is 0 Å². The van der Waals surface area contributed by atoms with Crippen molar-refractivity contribution in [2.45, 2.75) is 11.2 Å². The summed E-state index contributed by atoms with van der Waals surface area (Å²) in [4.78, 5) is 11.3. The first-order chi connectivity index (χ1) is 7.06. The topological polar surface area (TPSA) is 35.5 Å². The van der Waals surface area contributed by atoms with E-state index in [4.69, 9.17) is 4.74 Å². The van der Waals surface area contributed by atoms with Gasteiger partial charge in [-0.15, -0.1) is 0 Å². The molecular formula is C11H13BrO3. The second-order valence-electron chi connectivity index (χ2n) is 3.29. The van der Waals surface area contributed by atoms with E-state index in [1.54, 1.807) is 6.92 Å². The predicted octanol–water partition coefficient (Wildman–Crippen LogP) is 2.39. The number of halogens is 1. The number of esters is 1. The molecule has 0 aliphatic heterocycles. The highest BCUT2D eigenvalue weighted by Gasteiger charge is 2.32. The minimum atomic E-state index is -0.808. The molecule has 1 aromatic rings. The summed E-state index contributed by atoms with van der Waals surface area (Å²) < 4.78 is 9.28. The molecule has 0 N–H and O–H groups in total. The van der Waals surface area contributed by atoms with Crippen molar-refractivity contribution >= 4 is 21.9 Å². The third-order valence-corrected chi connectivity index (χ3v) is 2.42. The Bertz CT molecular complexity index is 322. The summed E-state index contributed by atoms with van der Waals surface area (Å²) in [6.07, 6.45) is 0. The van der Waals surface area contributed by atoms with Crippen LogP contribution in [0.25, 0.3) is 0 Å². The molecule has 1 rings (SSSR count). The Morgan fingerprint density at radius 2 is 2.00 bits per heavy atom. The van der Waals surface area contributed by atoms with Gasteiger partial charge in [0.1, 0.15) is 12.4 Å². The van der Waals surface area contributed by atoms with E-state index < -0.39 is 4.32 Å². The lowest BCUT2D eigenvalue weighted by Gasteiger charge is -2.19. The molecule has 1 aromatic carbocycles. The molecule has 0 saturated carbocycles. The summed E-state index contributed by atoms with van der Waals surface area (Å²) >= 11 is 3.27. The molecule has 0 amide bonds. The molecule has 1 unspecified atom stereocenters. The zero-order valence-electron chi connectivity index (χ0n) is 8.70. The first-order valence-corrected chi connectivity index (χ1v) is 5.31. The van der Waals surface area contributed by atoms with Crippen molar-refractivity contribution in [3.05, 3.63) is 30.3 Å². The smallest absolute Gasteiger partial charge is 0.325 e. The Morgan fingerprint density at radius 1 is 1.40 bits per heavy atom. The van der Waals surface area contributed by atoms with Crippen LogP contribution in [-0.4, -0.2) is 24.0 Å². The average molecular weight is 273 g/mol. The van der Waals surface area contributed by atoms with Gasteiger partial charge in [-0.2, -0.15) is 0 Å². The second-order valence-corrected chi connectivity index (χ2v) is 5.04. The normalized spacial score (nSPS) is 14.1. The zero-order valence-corrected chi connectivity index (χ0v) is 10.3. The molecule has 0 spiro atoms. The number of methoxy groups -OCH3 is 1. The number of benzene rings is 1. The van der Waals surface area contributed by atoms with Gasteiger partial charge in [0, 0.05) is 0 Å². The Kier molecular flexibility index (Phi) is 4.15. The van der Waals surface area contributed by atoms with Crippen LogP contribution in [0.1, 0.15) is 6.92 Å². The van der Waals surface area contributed by atoms with Gasteiger partial charge in [-0.25, -0.2) is 0 Å². The number of carbonyl (C=O) groups excluding carboxylic acids is 1. The van der Waals surface area contributed by atoms with Gasteiger partial charge in [0.15, 0.2) is 4.32 Å². The number of hydrogen-bond donors (Lipinski definition) is 0. The maximum absolute atomic E-state index is 11.3. The molecule has 82 valence electrons. The molecular weight excluding hydrogens is 260 g/mol. The number of carbonyl (C=O) groups is 1. The average Bonchev–Trinajstić information content (AvgIpc) is 2.27. The molecule has 0 bridgehead atoms. The van der Waals surface area contributed by atoms with Crippen LogP contribution >= 0.6 is 15.9 Å². The van der Waals surface area contributed by atoms with Crippen molar-refractivity contribution in [1.82, 2.24) is 0 Å². The molecule has 0 saturated heterocycles. The summed E-state index contributed by atoms with van der Waals surface area (Å²) in [7, 11) is 1.35. The summed E-state index contributed by atoms with van der Waals surface area (Å²) in [6.45, 7) is 1.94. The molecule has 0 radical (unpaired) electrons. The van der Waals surface area contributed by atoms with Crippen molar-refractivity contribution in [2.75, 3.05) is 13.7 Å². The summed E-state index contributed by atoms with van der Waals surface area (Å²) in [6, 6.07) is 9.32. The third-order valence-electron chi connectivity index (χ3n) is 1.86. The van der Waals surface area contributed by atoms with E-state index in [0.29, 0.717) is 0 Å². The Labute approximate surface area is 97.5 Å². The molecule has 0 fully saturated rings. The van der Waals surface area contributed by atoms with Crippen molar-refractivity contribution in [3.63, 3.8) is 0 Å². The van der Waals surface area contributed by atoms with Gasteiger partial charge in [-0.05, 0) is 19.1 Å². The van der Waals surface area contributed by atoms with Gasteiger partial charge < -0.3 is 9.47 Å². The van der Waals surface area contributed by atoms with Crippen LogP contribution in [0.4, 0.5) is 0 Å². The molecule has 4 heteroatoms. The van der Waals surface area contributed by atoms with Gasteiger partial charge in [0.25, 0.3) is 0 Å². The second kappa shape index (κ2) is 5.16. The fourth-order valence-electron chi connectivity index (χ4n) is 1.01. The largest absolute Gasteiger partial charge is 0.492 e. The van der Waals surface area contributed by atoms with E-state index in [-0.39, 0.29) is 12.6 Å². The van der Waals surface area contributed by atoms with Crippen molar-refractivity contribution in [3.8, 4) is 5.75 Å². The molecule has 0 aromatic heterocycles. The van der Waals surface area contributed by atoms with Crippen LogP contribution in [0.3, 0.4) is 0 Å². The monoisotopic (exact) mass is 272 g/mol. The quantitative estimate of drug-likeness (QED) is 0.624. The lowest BCUT2D eigenvalue weighted by atomic mass is 10.2. The van der Waals surface area contributed by atoms with E-state index in [1.807, 2.05) is 30.3 Å². The number of rotatable bonds is 4. The van der Waals surface area contributed by atoms with E-state index in [9.17, 15) is 4.79 Å². The molecule has 0 aliphatic carbocycles. The molecule has 0 heterocycles. The lowest BCUT2D eigenvalue weighted by Crippen LogP contribution is -2.36. The Hall–Kier alpha value is -1.03. The fraction of sp³-hybridized carbons (Fsp3) is 0.364. The summed E-state index contributed by atoms with van der Waals surface area (Å²) in [5, 5.41) is 0. The van der Waals surface area contributed by atoms with Crippen LogP contribution in [0.15, 0.2) is 30.3 Å². The van der Waals surface area contributed by atoms with Gasteiger partial charge in [-0.3, -0.25) is 4.79 Å². The lowest BCUT2D eigenvalue weighted by molar-refractivity contribution is -0.143. The predicted molar refractivity (Wildman–Crippen MR) is 61.3 cm³/mol. The fourth-order valence-corrected chi connectivity index (χ4v) is 1.28. The van der Waals surface area contributed by atoms with Gasteiger partial charge in [0.05, 0.1) is 7.11 Å². The number of alkyl halides is 1. The Balaban J connectivity index is 2.53. The highest BCUT2D eigenvalue weighted by atomic mass is 79.9. The summed E-state index contributed by atoms with van der Waals surface area (Å²) in [5.74, 6) is 0.380. The number of hydrogen-bond acceptors (Lipinski definition) is 3. The number of para-hydroxylation sites is 1. The van der Waals surface area contributed by atoms with Crippen molar-refractivity contribution < 1.29 is 14.3 Å². The maximum Gasteiger partial charge on any atom is 0.325 e. The minimum absolute atomic E-state index is 0.226. The summed E-state index contributed by atoms with van der Waals surface area (Å²) in [5.41, 5.74) is 0. The van der Waals surface area contributed by atoms with Crippen LogP contribution in [0.5, 0.6) is 5.75 Å². The van der Waals surface area contributed by atoms with Gasteiger partial charge in [-0.1, -0.05) is 34.1 Å². The van der Waals surface area contributed by atoms with Crippen LogP contribution in [0, 0.1) is 0 Å². The van der Waals surface area contributed by atoms with E-state index in [2.05, 4.69) is 20.7 Å². The highest BCUT2D eigenvalue weighted by molar-refractivity contribution is 9.10. The molecule has 0 aliphatic rings. The molecule has 15 heavy (non-hydrogen) atoms. The molecule has 1 atom stereocenters. The van der Waals surface area contributed by atoms with Crippen LogP contribution < -0.4 is 4.74 Å². The molecule has 3 nitrogen and oxygen atoms in total. The SMILES string of the molecule is COC(=O)C(C)(Br)COc1ccccc1. The van der Waals surface area contributed by atoms with Gasteiger partial charge in [0.2, 0.25) is 0 Å². The maximum atomic E-state index is 11.3. The number of ether oxygens (including phenoxy) is 2. The zero-order chi connectivity index (χ0) is 11.3. The van der Waals surface area contributed by atoms with Gasteiger partial charge >= 0.3 is 5.97 Å². The van der Waals surface area contributed by atoms with E-state index in [1.165, 1.54) is 7.11 Å². The third kappa shape index (κ3) is 3.55. The first kappa shape index (κ1) is 12.0. The van der Waals surface area contributed by atoms with E-state index in [0.717, 1.165) is 5.75 Å². The minimum Gasteiger partial charge on any atom is -0.492 e. The van der Waals surface area contributed by atoms with Crippen molar-refractivity contribution in [2.24, 2.45) is 0 Å². The standard InChI is InChI=1S/C11H13BrO3/c1-11(12,10(13)14-2)8-15-9-6-4-3-5-7-9/h3-7H,8H2,1-2H3. The van der Waals surface area contributed by atoms with Crippen LogP contribution in [-0.2, 0) is 9.53 Å². The Morgan fingerprint density at radius 3 is 2.53 bits per heavy atom.